The van der Waals surface area contributed by atoms with Crippen molar-refractivity contribution in [2.45, 2.75) is 51.5 Å². The normalized spacial score (nSPS) is 17.2. The number of aryl methyl sites for hydroxylation is 1. The van der Waals surface area contributed by atoms with E-state index in [1.165, 1.54) is 11.3 Å². The molecule has 2 aromatic rings. The van der Waals surface area contributed by atoms with Crippen molar-refractivity contribution in [1.29, 1.82) is 0 Å². The van der Waals surface area contributed by atoms with Gasteiger partial charge in [-0.05, 0) is 31.2 Å². The molecule has 0 bridgehead atoms. The lowest BCUT2D eigenvalue weighted by molar-refractivity contribution is -0.139. The van der Waals surface area contributed by atoms with E-state index < -0.39 is 11.9 Å². The highest BCUT2D eigenvalue weighted by Crippen LogP contribution is 2.40. The fourth-order valence-corrected chi connectivity index (χ4v) is 4.73. The first-order valence-electron chi connectivity index (χ1n) is 8.35. The number of carboxylic acids is 1. The van der Waals surface area contributed by atoms with Gasteiger partial charge in [0.15, 0.2) is 0 Å². The monoisotopic (exact) mass is 350 g/mol. The third-order valence-electron chi connectivity index (χ3n) is 4.52. The molecule has 1 unspecified atom stereocenters. The molecule has 7 heteroatoms. The van der Waals surface area contributed by atoms with Crippen LogP contribution in [0, 0.1) is 0 Å². The maximum atomic E-state index is 13.1. The summed E-state index contributed by atoms with van der Waals surface area (Å²) in [5.41, 5.74) is 0.619. The van der Waals surface area contributed by atoms with Gasteiger partial charge in [-0.25, -0.2) is 4.98 Å². The van der Waals surface area contributed by atoms with Gasteiger partial charge in [0.2, 0.25) is 0 Å². The highest BCUT2D eigenvalue weighted by atomic mass is 32.1. The van der Waals surface area contributed by atoms with Crippen molar-refractivity contribution in [3.63, 3.8) is 0 Å². The number of hydrogen-bond acceptors (Lipinski definition) is 5. The Hall–Kier alpha value is -1.73. The lowest BCUT2D eigenvalue weighted by Crippen LogP contribution is -2.27. The number of rotatable bonds is 6. The van der Waals surface area contributed by atoms with Crippen molar-refractivity contribution in [3.05, 3.63) is 26.6 Å². The van der Waals surface area contributed by atoms with Crippen LogP contribution in [0.25, 0.3) is 10.2 Å². The van der Waals surface area contributed by atoms with Gasteiger partial charge in [0.1, 0.15) is 10.7 Å². The summed E-state index contributed by atoms with van der Waals surface area (Å²) < 4.78 is 6.83. The first-order valence-corrected chi connectivity index (χ1v) is 9.16. The molecule has 6 nitrogen and oxygen atoms in total. The lowest BCUT2D eigenvalue weighted by atomic mass is 9.86. The van der Waals surface area contributed by atoms with Gasteiger partial charge in [-0.2, -0.15) is 0 Å². The molecule has 0 spiro atoms. The van der Waals surface area contributed by atoms with E-state index in [-0.39, 0.29) is 5.56 Å². The van der Waals surface area contributed by atoms with E-state index in [0.717, 1.165) is 35.5 Å². The van der Waals surface area contributed by atoms with Crippen molar-refractivity contribution in [1.82, 2.24) is 9.55 Å². The molecule has 24 heavy (non-hydrogen) atoms. The summed E-state index contributed by atoms with van der Waals surface area (Å²) in [5.74, 6) is -0.709. The molecular weight excluding hydrogens is 328 g/mol. The molecule has 1 aliphatic carbocycles. The molecule has 0 aromatic carbocycles. The average Bonchev–Trinajstić information content (AvgIpc) is 2.94. The number of aromatic nitrogens is 2. The van der Waals surface area contributed by atoms with Gasteiger partial charge in [0, 0.05) is 25.0 Å². The van der Waals surface area contributed by atoms with Gasteiger partial charge < -0.3 is 9.84 Å². The lowest BCUT2D eigenvalue weighted by Gasteiger charge is -2.19. The van der Waals surface area contributed by atoms with Gasteiger partial charge in [-0.1, -0.05) is 6.92 Å². The number of hydrogen-bond donors (Lipinski definition) is 1. The minimum atomic E-state index is -0.847. The zero-order chi connectivity index (χ0) is 17.3. The average molecular weight is 350 g/mol. The summed E-state index contributed by atoms with van der Waals surface area (Å²) in [6.45, 7) is 3.10. The summed E-state index contributed by atoms with van der Waals surface area (Å²) >= 11 is 1.48. The summed E-state index contributed by atoms with van der Waals surface area (Å²) in [5, 5.41) is 10.1. The molecule has 2 aromatic heterocycles. The van der Waals surface area contributed by atoms with Crippen LogP contribution in [0.4, 0.5) is 0 Å². The van der Waals surface area contributed by atoms with E-state index in [4.69, 9.17) is 9.72 Å². The zero-order valence-corrected chi connectivity index (χ0v) is 14.8. The Bertz CT molecular complexity index is 824. The molecule has 0 radical (unpaired) electrons. The van der Waals surface area contributed by atoms with Crippen LogP contribution in [0.15, 0.2) is 4.79 Å². The molecule has 1 atom stereocenters. The smallest absolute Gasteiger partial charge is 0.311 e. The molecular formula is C17H22N2O4S. The second kappa shape index (κ2) is 7.03. The summed E-state index contributed by atoms with van der Waals surface area (Å²) in [7, 11) is 1.63. The predicted octanol–water partition coefficient (Wildman–Crippen LogP) is 2.56. The molecule has 2 heterocycles. The van der Waals surface area contributed by atoms with Crippen LogP contribution in [0.5, 0.6) is 0 Å². The SMILES string of the molecule is CCCn1c(CCOC)nc2sc3c(c2c1=O)C(C(=O)O)CCC3. The van der Waals surface area contributed by atoms with E-state index in [9.17, 15) is 14.7 Å². The molecule has 0 aliphatic heterocycles. The second-order valence-corrected chi connectivity index (χ2v) is 7.21. The predicted molar refractivity (Wildman–Crippen MR) is 93.1 cm³/mol. The van der Waals surface area contributed by atoms with E-state index in [2.05, 4.69) is 0 Å². The fraction of sp³-hybridized carbons (Fsp3) is 0.588. The van der Waals surface area contributed by atoms with Crippen LogP contribution in [0.3, 0.4) is 0 Å². The van der Waals surface area contributed by atoms with E-state index in [1.54, 1.807) is 11.7 Å². The molecule has 3 rings (SSSR count). The Labute approximate surface area is 144 Å². The van der Waals surface area contributed by atoms with Crippen molar-refractivity contribution in [2.75, 3.05) is 13.7 Å². The van der Waals surface area contributed by atoms with Crippen molar-refractivity contribution in [3.8, 4) is 0 Å². The summed E-state index contributed by atoms with van der Waals surface area (Å²) in [6, 6.07) is 0. The van der Waals surface area contributed by atoms with E-state index >= 15 is 0 Å². The maximum Gasteiger partial charge on any atom is 0.311 e. The third-order valence-corrected chi connectivity index (χ3v) is 5.68. The third kappa shape index (κ3) is 2.86. The van der Waals surface area contributed by atoms with Crippen LogP contribution < -0.4 is 5.56 Å². The largest absolute Gasteiger partial charge is 0.481 e. The Kier molecular flexibility index (Phi) is 5.01. The molecule has 0 saturated carbocycles. The standard InChI is InChI=1S/C17H22N2O4S/c1-3-8-19-12(7-9-23-2)18-15-14(16(19)20)13-10(17(21)22)5-4-6-11(13)24-15/h10H,3-9H2,1-2H3,(H,21,22). The molecule has 1 N–H and O–H groups in total. The molecule has 0 amide bonds. The Morgan fingerprint density at radius 3 is 2.96 bits per heavy atom. The summed E-state index contributed by atoms with van der Waals surface area (Å²) in [4.78, 5) is 31.1. The van der Waals surface area contributed by atoms with Crippen molar-refractivity contribution in [2.24, 2.45) is 0 Å². The first kappa shape index (κ1) is 17.1. The number of methoxy groups -OCH3 is 1. The van der Waals surface area contributed by atoms with Gasteiger partial charge in [-0.15, -0.1) is 11.3 Å². The minimum absolute atomic E-state index is 0.0985. The highest BCUT2D eigenvalue weighted by molar-refractivity contribution is 7.18. The van der Waals surface area contributed by atoms with E-state index in [0.29, 0.717) is 36.2 Å². The Morgan fingerprint density at radius 2 is 2.29 bits per heavy atom. The number of aliphatic carboxylic acids is 1. The number of nitrogens with zero attached hydrogens (tertiary/aromatic N) is 2. The molecule has 0 fully saturated rings. The van der Waals surface area contributed by atoms with Gasteiger partial charge in [-0.3, -0.25) is 14.2 Å². The van der Waals surface area contributed by atoms with Crippen LogP contribution in [-0.4, -0.2) is 34.3 Å². The quantitative estimate of drug-likeness (QED) is 0.866. The topological polar surface area (TPSA) is 81.4 Å². The maximum absolute atomic E-state index is 13.1. The zero-order valence-electron chi connectivity index (χ0n) is 14.0. The minimum Gasteiger partial charge on any atom is -0.481 e. The Morgan fingerprint density at radius 1 is 1.50 bits per heavy atom. The van der Waals surface area contributed by atoms with Gasteiger partial charge >= 0.3 is 5.97 Å². The van der Waals surface area contributed by atoms with Crippen LogP contribution in [0.2, 0.25) is 0 Å². The number of thiophene rings is 1. The molecule has 130 valence electrons. The number of ether oxygens (including phenoxy) is 1. The van der Waals surface area contributed by atoms with Crippen LogP contribution in [0.1, 0.15) is 48.4 Å². The molecule has 0 saturated heterocycles. The van der Waals surface area contributed by atoms with Crippen molar-refractivity contribution >= 4 is 27.5 Å². The Balaban J connectivity index is 2.25. The van der Waals surface area contributed by atoms with E-state index in [1.807, 2.05) is 6.92 Å². The number of carboxylic acid groups (broad SMARTS) is 1. The number of carbonyl (C=O) groups is 1. The van der Waals surface area contributed by atoms with Crippen LogP contribution >= 0.6 is 11.3 Å². The fourth-order valence-electron chi connectivity index (χ4n) is 3.44. The summed E-state index contributed by atoms with van der Waals surface area (Å²) in [6.07, 6.45) is 3.67. The molecule has 1 aliphatic rings. The second-order valence-electron chi connectivity index (χ2n) is 6.13. The van der Waals surface area contributed by atoms with Gasteiger partial charge in [0.25, 0.3) is 5.56 Å². The van der Waals surface area contributed by atoms with Crippen LogP contribution in [-0.2, 0) is 28.9 Å². The number of fused-ring (bicyclic) bond motifs is 3. The highest BCUT2D eigenvalue weighted by Gasteiger charge is 2.32. The van der Waals surface area contributed by atoms with Gasteiger partial charge in [0.05, 0.1) is 17.9 Å². The first-order chi connectivity index (χ1) is 11.6. The van der Waals surface area contributed by atoms with Crippen molar-refractivity contribution < 1.29 is 14.6 Å².